The van der Waals surface area contributed by atoms with Crippen molar-refractivity contribution < 1.29 is 73.2 Å². The van der Waals surface area contributed by atoms with Gasteiger partial charge in [0.25, 0.3) is 0 Å². The monoisotopic (exact) mass is 539 g/mol. The van der Waals surface area contributed by atoms with Crippen molar-refractivity contribution in [3.8, 4) is 0 Å². The van der Waals surface area contributed by atoms with Gasteiger partial charge in [-0.1, -0.05) is 13.8 Å². The zero-order chi connectivity index (χ0) is 13.7. The molecule has 1 rings (SSSR count). The van der Waals surface area contributed by atoms with Crippen LogP contribution in [0.25, 0.3) is 0 Å². The summed E-state index contributed by atoms with van der Waals surface area (Å²) in [4.78, 5) is 18.5. The van der Waals surface area contributed by atoms with Crippen LogP contribution in [-0.2, 0) is 63.0 Å². The van der Waals surface area contributed by atoms with E-state index >= 15 is 0 Å². The number of rotatable bonds is 2. The summed E-state index contributed by atoms with van der Waals surface area (Å²) in [5.74, 6) is -1.99. The second kappa shape index (κ2) is 17.0. The van der Waals surface area contributed by atoms with Crippen molar-refractivity contribution in [2.24, 2.45) is 0 Å². The fourth-order valence-electron chi connectivity index (χ4n) is 0.478. The van der Waals surface area contributed by atoms with Crippen molar-refractivity contribution in [1.82, 2.24) is 0 Å². The van der Waals surface area contributed by atoms with Crippen molar-refractivity contribution in [2.75, 3.05) is 0 Å². The number of hydrogen-bond donors (Lipinski definition) is 0. The van der Waals surface area contributed by atoms with Gasteiger partial charge in [-0.05, 0) is 12.8 Å². The maximum absolute atomic E-state index is 9.26. The van der Waals surface area contributed by atoms with Crippen molar-refractivity contribution >= 4 is 15.0 Å². The number of carboxylic acids is 2. The van der Waals surface area contributed by atoms with E-state index in [0.29, 0.717) is 0 Å². The molecule has 91 valence electrons. The Morgan fingerprint density at radius 2 is 1.28 bits per heavy atom. The molecule has 0 aliphatic heterocycles. The molecule has 4 nitrogen and oxygen atoms in total. The Morgan fingerprint density at radius 3 is 1.39 bits per heavy atom. The van der Waals surface area contributed by atoms with Crippen molar-refractivity contribution in [3.05, 3.63) is 30.3 Å². The molecule has 0 aromatic heterocycles. The van der Waals surface area contributed by atoms with E-state index in [1.54, 1.807) is 0 Å². The second-order valence-electron chi connectivity index (χ2n) is 2.94. The second-order valence-corrected chi connectivity index (χ2v) is 6.11. The Kier molecular flexibility index (Phi) is 21.9. The minimum atomic E-state index is -0.995. The summed E-state index contributed by atoms with van der Waals surface area (Å²) in [6, 6.07) is 10.6. The Bertz CT molecular complexity index is 303. The molecule has 0 saturated carbocycles. The maximum atomic E-state index is 9.26. The Hall–Kier alpha value is 0.0171. The number of carbonyl (C=O) groups is 2. The van der Waals surface area contributed by atoms with E-state index in [1.807, 2.05) is 0 Å². The van der Waals surface area contributed by atoms with Gasteiger partial charge in [0.15, 0.2) is 0 Å². The summed E-state index contributed by atoms with van der Waals surface area (Å²) in [7, 11) is 0. The quantitative estimate of drug-likeness (QED) is 0.462. The zero-order valence-electron chi connectivity index (χ0n) is 10.8. The van der Waals surface area contributed by atoms with Crippen LogP contribution in [0.4, 0.5) is 0 Å². The molecule has 0 heterocycles. The molecule has 0 amide bonds. The molecule has 18 heavy (non-hydrogen) atoms. The van der Waals surface area contributed by atoms with Crippen LogP contribution in [0, 0.1) is 0 Å². The first-order chi connectivity index (χ1) is 7.93. The van der Waals surface area contributed by atoms with Crippen LogP contribution in [0.5, 0.6) is 0 Å². The van der Waals surface area contributed by atoms with Gasteiger partial charge in [-0.25, -0.2) is 0 Å². The fraction of sp³-hybridized carbons (Fsp3) is 0.333. The van der Waals surface area contributed by atoms with Gasteiger partial charge in [-0.15, -0.1) is 0 Å². The van der Waals surface area contributed by atoms with Crippen LogP contribution >= 0.6 is 0 Å². The summed E-state index contributed by atoms with van der Waals surface area (Å²) in [6.45, 7) is 3.07. The normalized spacial score (nSPS) is 7.56. The van der Waals surface area contributed by atoms with Gasteiger partial charge in [-0.2, -0.15) is 0 Å². The van der Waals surface area contributed by atoms with E-state index in [2.05, 4.69) is 30.3 Å². The number of aliphatic carboxylic acids is 2. The van der Waals surface area contributed by atoms with E-state index < -0.39 is 11.9 Å². The molecule has 0 spiro atoms. The van der Waals surface area contributed by atoms with Gasteiger partial charge < -0.3 is 19.8 Å². The molecule has 0 radical (unpaired) electrons. The molecule has 0 aliphatic rings. The van der Waals surface area contributed by atoms with Crippen LogP contribution in [0.2, 0.25) is 0 Å². The molecule has 0 N–H and O–H groups in total. The summed E-state index contributed by atoms with van der Waals surface area (Å²) >= 11 is 0.810. The molecule has 0 aliphatic carbocycles. The molecule has 1 aromatic carbocycles. The summed E-state index contributed by atoms with van der Waals surface area (Å²) in [5, 5.41) is 18.5. The standard InChI is InChI=1S/C6H5.2C3H6O2.Cd.Hg/c1-2-4-6-5-3-1;2*1-2-3(4)5;;/h1-5H;2*2H2,1H3,(H,4,5);;/q;;;+2;/p-2. The van der Waals surface area contributed by atoms with Crippen LogP contribution in [0.15, 0.2) is 30.3 Å². The first kappa shape index (κ1) is 23.1. The van der Waals surface area contributed by atoms with E-state index in [0.717, 1.165) is 26.1 Å². The SMILES string of the molecule is CCC(=O)[O-].CCC(=O)[O-].[Cd+2].[Hg][c]1ccccc1. The molecule has 0 fully saturated rings. The van der Waals surface area contributed by atoms with Gasteiger partial charge >= 0.3 is 86.8 Å². The van der Waals surface area contributed by atoms with Gasteiger partial charge in [-0.3, -0.25) is 0 Å². The Morgan fingerprint density at radius 1 is 1.00 bits per heavy atom. The van der Waals surface area contributed by atoms with Gasteiger partial charge in [0.05, 0.1) is 0 Å². The van der Waals surface area contributed by atoms with E-state index in [-0.39, 0.29) is 40.1 Å². The fourth-order valence-corrected chi connectivity index (χ4v) is 1.54. The van der Waals surface area contributed by atoms with Crippen molar-refractivity contribution in [3.63, 3.8) is 0 Å². The Labute approximate surface area is 144 Å². The average Bonchev–Trinajstić information content (AvgIpc) is 2.31. The Balaban J connectivity index is -0.000000188. The van der Waals surface area contributed by atoms with Gasteiger partial charge in [0.1, 0.15) is 0 Å². The molecule has 0 bridgehead atoms. The van der Waals surface area contributed by atoms with E-state index in [1.165, 1.54) is 16.9 Å². The number of carbonyl (C=O) groups excluding carboxylic acids is 2. The number of carboxylic acid groups (broad SMARTS) is 2. The van der Waals surface area contributed by atoms with Crippen molar-refractivity contribution in [1.29, 1.82) is 0 Å². The van der Waals surface area contributed by atoms with Crippen LogP contribution in [0.1, 0.15) is 26.7 Å². The van der Waals surface area contributed by atoms with Crippen molar-refractivity contribution in [2.45, 2.75) is 26.7 Å². The number of hydrogen-bond acceptors (Lipinski definition) is 4. The third kappa shape index (κ3) is 25.0. The molecule has 1 aromatic rings. The molecular weight excluding hydrogens is 521 g/mol. The van der Waals surface area contributed by atoms with Crippen LogP contribution in [-0.4, -0.2) is 11.9 Å². The number of benzene rings is 1. The van der Waals surface area contributed by atoms with Gasteiger partial charge in [0.2, 0.25) is 0 Å². The molecular formula is C12H15CdHgO4. The summed E-state index contributed by atoms with van der Waals surface area (Å²) in [5.41, 5.74) is 0. The van der Waals surface area contributed by atoms with Gasteiger partial charge in [0, 0.05) is 11.9 Å². The topological polar surface area (TPSA) is 80.3 Å². The van der Waals surface area contributed by atoms with E-state index in [9.17, 15) is 19.8 Å². The summed E-state index contributed by atoms with van der Waals surface area (Å²) in [6.07, 6.45) is 0.222. The molecule has 0 unspecified atom stereocenters. The third-order valence-corrected chi connectivity index (χ3v) is 3.25. The first-order valence-electron chi connectivity index (χ1n) is 5.20. The first-order valence-corrected chi connectivity index (χ1v) is 7.95. The predicted molar refractivity (Wildman–Crippen MR) is 56.7 cm³/mol. The summed E-state index contributed by atoms with van der Waals surface area (Å²) < 4.78 is 1.52. The van der Waals surface area contributed by atoms with Crippen LogP contribution in [0.3, 0.4) is 0 Å². The molecule has 0 saturated heterocycles. The zero-order valence-corrected chi connectivity index (χ0v) is 20.4. The molecule has 6 heteroatoms. The van der Waals surface area contributed by atoms with E-state index in [4.69, 9.17) is 0 Å². The average molecular weight is 536 g/mol. The minimum absolute atomic E-state index is 0. The molecule has 0 atom stereocenters. The predicted octanol–water partition coefficient (Wildman–Crippen LogP) is -0.851. The third-order valence-electron chi connectivity index (χ3n) is 1.42. The van der Waals surface area contributed by atoms with Crippen LogP contribution < -0.4 is 13.3 Å².